The second kappa shape index (κ2) is 5.58. The number of pyridine rings is 1. The molecule has 1 aromatic carbocycles. The van der Waals surface area contributed by atoms with Gasteiger partial charge in [-0.3, -0.25) is 0 Å². The number of carbonyl (C=O) groups is 1. The summed E-state index contributed by atoms with van der Waals surface area (Å²) in [6.07, 6.45) is 0. The summed E-state index contributed by atoms with van der Waals surface area (Å²) in [6.45, 7) is 3.41. The first kappa shape index (κ1) is 14.5. The van der Waals surface area contributed by atoms with E-state index in [1.807, 2.05) is 0 Å². The summed E-state index contributed by atoms with van der Waals surface area (Å²) in [4.78, 5) is 15.4. The minimum absolute atomic E-state index is 0.00757. The number of aromatic carboxylic acids is 1. The zero-order valence-electron chi connectivity index (χ0n) is 10.8. The maximum atomic E-state index is 13.0. The van der Waals surface area contributed by atoms with Gasteiger partial charge in [0.2, 0.25) is 5.88 Å². The molecule has 0 atom stereocenters. The summed E-state index contributed by atoms with van der Waals surface area (Å²) in [5, 5.41) is 9.24. The van der Waals surface area contributed by atoms with Gasteiger partial charge in [-0.2, -0.15) is 0 Å². The number of halogens is 2. The van der Waals surface area contributed by atoms with Crippen molar-refractivity contribution in [3.8, 4) is 11.6 Å². The van der Waals surface area contributed by atoms with Crippen molar-refractivity contribution in [1.29, 1.82) is 0 Å². The molecule has 6 heteroatoms. The predicted octanol–water partition coefficient (Wildman–Crippen LogP) is 4.09. The fourth-order valence-electron chi connectivity index (χ4n) is 1.80. The zero-order chi connectivity index (χ0) is 14.9. The van der Waals surface area contributed by atoms with Crippen molar-refractivity contribution >= 4 is 21.9 Å². The summed E-state index contributed by atoms with van der Waals surface area (Å²) in [6, 6.07) is 5.53. The van der Waals surface area contributed by atoms with E-state index in [0.717, 1.165) is 0 Å². The van der Waals surface area contributed by atoms with Crippen molar-refractivity contribution in [2.45, 2.75) is 13.8 Å². The van der Waals surface area contributed by atoms with Crippen LogP contribution in [0.4, 0.5) is 4.39 Å². The highest BCUT2D eigenvalue weighted by Gasteiger charge is 2.18. The molecular weight excluding hydrogens is 329 g/mol. The number of hydrogen-bond acceptors (Lipinski definition) is 3. The van der Waals surface area contributed by atoms with Crippen molar-refractivity contribution in [2.75, 3.05) is 0 Å². The van der Waals surface area contributed by atoms with Crippen LogP contribution in [0.15, 0.2) is 28.7 Å². The minimum Gasteiger partial charge on any atom is -0.477 e. The molecule has 0 radical (unpaired) electrons. The van der Waals surface area contributed by atoms with Crippen LogP contribution >= 0.6 is 15.9 Å². The monoisotopic (exact) mass is 339 g/mol. The number of carboxylic acid groups (broad SMARTS) is 1. The van der Waals surface area contributed by atoms with Crippen molar-refractivity contribution in [1.82, 2.24) is 4.98 Å². The van der Waals surface area contributed by atoms with Crippen LogP contribution in [0.2, 0.25) is 0 Å². The highest BCUT2D eigenvalue weighted by atomic mass is 79.9. The van der Waals surface area contributed by atoms with Crippen LogP contribution < -0.4 is 4.74 Å². The lowest BCUT2D eigenvalue weighted by Crippen LogP contribution is -2.06. The second-order valence-corrected chi connectivity index (χ2v) is 5.10. The largest absolute Gasteiger partial charge is 0.477 e. The van der Waals surface area contributed by atoms with Crippen molar-refractivity contribution in [3.05, 3.63) is 51.4 Å². The van der Waals surface area contributed by atoms with Gasteiger partial charge in [-0.25, -0.2) is 14.2 Å². The molecule has 1 aromatic heterocycles. The molecule has 0 fully saturated rings. The Morgan fingerprint density at radius 3 is 2.65 bits per heavy atom. The number of aromatic nitrogens is 1. The first-order valence-electron chi connectivity index (χ1n) is 5.73. The molecule has 2 aromatic rings. The lowest BCUT2D eigenvalue weighted by atomic mass is 10.1. The van der Waals surface area contributed by atoms with Crippen LogP contribution in [-0.2, 0) is 0 Å². The van der Waals surface area contributed by atoms with Gasteiger partial charge in [0.05, 0.1) is 4.47 Å². The first-order valence-corrected chi connectivity index (χ1v) is 6.52. The Bertz CT molecular complexity index is 688. The molecule has 20 heavy (non-hydrogen) atoms. The molecule has 104 valence electrons. The van der Waals surface area contributed by atoms with Gasteiger partial charge in [-0.15, -0.1) is 0 Å². The highest BCUT2D eigenvalue weighted by Crippen LogP contribution is 2.32. The van der Waals surface area contributed by atoms with E-state index in [-0.39, 0.29) is 11.4 Å². The molecule has 0 saturated heterocycles. The number of ether oxygens (including phenoxy) is 1. The molecule has 0 unspecified atom stereocenters. The number of hydrogen-bond donors (Lipinski definition) is 1. The molecule has 0 amide bonds. The standard InChI is InChI=1S/C14H11BrFNO3/c1-7-5-8(2)17-13(12(7)14(18)19)20-11-4-3-9(16)6-10(11)15/h3-6H,1-2H3,(H,18,19). The minimum atomic E-state index is -1.12. The van der Waals surface area contributed by atoms with Crippen LogP contribution in [0.5, 0.6) is 11.6 Å². The molecular formula is C14H11BrFNO3. The predicted molar refractivity (Wildman–Crippen MR) is 74.8 cm³/mol. The lowest BCUT2D eigenvalue weighted by Gasteiger charge is -2.12. The van der Waals surface area contributed by atoms with Crippen molar-refractivity contribution < 1.29 is 19.0 Å². The van der Waals surface area contributed by atoms with Crippen LogP contribution in [0.3, 0.4) is 0 Å². The van der Waals surface area contributed by atoms with E-state index < -0.39 is 11.8 Å². The quantitative estimate of drug-likeness (QED) is 0.914. The molecule has 0 aliphatic heterocycles. The average molecular weight is 340 g/mol. The Morgan fingerprint density at radius 2 is 2.05 bits per heavy atom. The topological polar surface area (TPSA) is 59.4 Å². The molecule has 0 saturated carbocycles. The Hall–Kier alpha value is -1.95. The summed E-state index contributed by atoms with van der Waals surface area (Å²) in [7, 11) is 0. The molecule has 1 N–H and O–H groups in total. The Kier molecular flexibility index (Phi) is 4.04. The number of benzene rings is 1. The smallest absolute Gasteiger partial charge is 0.341 e. The Morgan fingerprint density at radius 1 is 1.35 bits per heavy atom. The Balaban J connectivity index is 2.50. The van der Waals surface area contributed by atoms with E-state index in [0.29, 0.717) is 21.5 Å². The summed E-state index contributed by atoms with van der Waals surface area (Å²) in [5.41, 5.74) is 1.19. The third-order valence-electron chi connectivity index (χ3n) is 2.63. The molecule has 0 spiro atoms. The van der Waals surface area contributed by atoms with E-state index in [1.54, 1.807) is 19.9 Å². The summed E-state index contributed by atoms with van der Waals surface area (Å²) in [5.74, 6) is -1.26. The van der Waals surface area contributed by atoms with Crippen molar-refractivity contribution in [3.63, 3.8) is 0 Å². The van der Waals surface area contributed by atoms with E-state index in [2.05, 4.69) is 20.9 Å². The molecule has 0 bridgehead atoms. The van der Waals surface area contributed by atoms with E-state index in [1.165, 1.54) is 18.2 Å². The second-order valence-electron chi connectivity index (χ2n) is 4.24. The third kappa shape index (κ3) is 2.96. The van der Waals surface area contributed by atoms with Gasteiger partial charge in [0.15, 0.2) is 0 Å². The first-order chi connectivity index (χ1) is 9.38. The van der Waals surface area contributed by atoms with Gasteiger partial charge in [-0.1, -0.05) is 0 Å². The number of rotatable bonds is 3. The fraction of sp³-hybridized carbons (Fsp3) is 0.143. The highest BCUT2D eigenvalue weighted by molar-refractivity contribution is 9.10. The molecule has 2 rings (SSSR count). The van der Waals surface area contributed by atoms with Gasteiger partial charge >= 0.3 is 5.97 Å². The lowest BCUT2D eigenvalue weighted by molar-refractivity contribution is 0.0692. The maximum absolute atomic E-state index is 13.0. The van der Waals surface area contributed by atoms with E-state index in [9.17, 15) is 14.3 Å². The van der Waals surface area contributed by atoms with Crippen LogP contribution in [0, 0.1) is 19.7 Å². The van der Waals surface area contributed by atoms with Gasteiger partial charge in [-0.05, 0) is 59.6 Å². The normalized spacial score (nSPS) is 10.4. The van der Waals surface area contributed by atoms with Gasteiger partial charge < -0.3 is 9.84 Å². The Labute approximate surface area is 123 Å². The van der Waals surface area contributed by atoms with Crippen LogP contribution in [0.25, 0.3) is 0 Å². The zero-order valence-corrected chi connectivity index (χ0v) is 12.4. The van der Waals surface area contributed by atoms with Gasteiger partial charge in [0.25, 0.3) is 0 Å². The molecule has 1 heterocycles. The summed E-state index contributed by atoms with van der Waals surface area (Å²) < 4.78 is 18.9. The van der Waals surface area contributed by atoms with Crippen molar-refractivity contribution in [2.24, 2.45) is 0 Å². The maximum Gasteiger partial charge on any atom is 0.341 e. The molecule has 0 aliphatic rings. The number of nitrogens with zero attached hydrogens (tertiary/aromatic N) is 1. The summed E-state index contributed by atoms with van der Waals surface area (Å²) >= 11 is 3.16. The third-order valence-corrected chi connectivity index (χ3v) is 3.25. The molecule has 0 aliphatic carbocycles. The fourth-order valence-corrected chi connectivity index (χ4v) is 2.23. The average Bonchev–Trinajstić information content (AvgIpc) is 2.31. The van der Waals surface area contributed by atoms with E-state index in [4.69, 9.17) is 4.74 Å². The van der Waals surface area contributed by atoms with Gasteiger partial charge in [0, 0.05) is 5.69 Å². The SMILES string of the molecule is Cc1cc(C)c(C(=O)O)c(Oc2ccc(F)cc2Br)n1. The molecule has 4 nitrogen and oxygen atoms in total. The van der Waals surface area contributed by atoms with Crippen LogP contribution in [-0.4, -0.2) is 16.1 Å². The van der Waals surface area contributed by atoms with Gasteiger partial charge in [0.1, 0.15) is 17.1 Å². The number of aryl methyl sites for hydroxylation is 2. The van der Waals surface area contributed by atoms with E-state index >= 15 is 0 Å². The number of carboxylic acids is 1. The van der Waals surface area contributed by atoms with Crippen LogP contribution in [0.1, 0.15) is 21.6 Å².